The molecule has 514 valence electrons. The van der Waals surface area contributed by atoms with E-state index in [9.17, 15) is 45.6 Å². The number of rotatable bonds is 54. The highest BCUT2D eigenvalue weighted by atomic mass is 16.7. The summed E-state index contributed by atoms with van der Waals surface area (Å²) in [6.07, 6.45) is 75.5. The Morgan fingerprint density at radius 1 is 0.407 bits per heavy atom. The lowest BCUT2D eigenvalue weighted by atomic mass is 9.97. The van der Waals surface area contributed by atoms with Gasteiger partial charge in [0, 0.05) is 6.42 Å². The Balaban J connectivity index is 1.65. The van der Waals surface area contributed by atoms with Gasteiger partial charge in [0.15, 0.2) is 12.6 Å². The van der Waals surface area contributed by atoms with E-state index in [1.807, 2.05) is 6.08 Å². The molecule has 0 radical (unpaired) electrons. The van der Waals surface area contributed by atoms with E-state index < -0.39 is 86.8 Å². The molecule has 14 heteroatoms. The maximum absolute atomic E-state index is 13.3. The number of carbonyl (C=O) groups is 1. The fraction of sp³-hybridized carbons (Fsp3) is 0.623. The van der Waals surface area contributed by atoms with Gasteiger partial charge >= 0.3 is 0 Å². The molecule has 0 saturated carbocycles. The maximum Gasteiger partial charge on any atom is 0.220 e. The summed E-state index contributed by atoms with van der Waals surface area (Å²) in [4.78, 5) is 13.3. The predicted octanol–water partition coefficient (Wildman–Crippen LogP) is 14.4. The number of aliphatic hydroxyl groups excluding tert-OH is 8. The average Bonchev–Trinajstić information content (AvgIpc) is 1.24. The van der Waals surface area contributed by atoms with Crippen molar-refractivity contribution in [3.8, 4) is 0 Å². The third-order valence-electron chi connectivity index (χ3n) is 15.6. The minimum atomic E-state index is -1.80. The van der Waals surface area contributed by atoms with Crippen LogP contribution < -0.4 is 5.32 Å². The fourth-order valence-corrected chi connectivity index (χ4v) is 10.1. The molecule has 2 saturated heterocycles. The number of ether oxygens (including phenoxy) is 4. The summed E-state index contributed by atoms with van der Waals surface area (Å²) in [6, 6.07) is -0.957. The molecule has 0 bridgehead atoms. The van der Waals surface area contributed by atoms with Gasteiger partial charge in [0.05, 0.1) is 32.0 Å². The highest BCUT2D eigenvalue weighted by Gasteiger charge is 2.51. The second-order valence-corrected chi connectivity index (χ2v) is 23.5. The largest absolute Gasteiger partial charge is 0.394 e. The molecule has 12 unspecified atom stereocenters. The maximum atomic E-state index is 13.3. The minimum absolute atomic E-state index is 0.245. The first-order chi connectivity index (χ1) is 44.6. The van der Waals surface area contributed by atoms with Gasteiger partial charge in [-0.15, -0.1) is 0 Å². The summed E-state index contributed by atoms with van der Waals surface area (Å²) >= 11 is 0. The summed E-state index contributed by atoms with van der Waals surface area (Å²) in [5.74, 6) is -0.273. The third kappa shape index (κ3) is 43.1. The number of hydrogen-bond acceptors (Lipinski definition) is 13. The van der Waals surface area contributed by atoms with Crippen LogP contribution in [0.15, 0.2) is 170 Å². The highest BCUT2D eigenvalue weighted by molar-refractivity contribution is 5.76. The Bertz CT molecular complexity index is 2180. The van der Waals surface area contributed by atoms with E-state index in [4.69, 9.17) is 18.9 Å². The zero-order chi connectivity index (χ0) is 65.9. The number of nitrogens with one attached hydrogen (secondary N) is 1. The number of allylic oxidation sites excluding steroid dienone is 27. The van der Waals surface area contributed by atoms with E-state index in [0.29, 0.717) is 12.8 Å². The van der Waals surface area contributed by atoms with Crippen LogP contribution in [0.25, 0.3) is 0 Å². The molecule has 0 aliphatic carbocycles. The lowest BCUT2D eigenvalue weighted by molar-refractivity contribution is -0.359. The van der Waals surface area contributed by atoms with Gasteiger partial charge in [0.2, 0.25) is 5.91 Å². The lowest BCUT2D eigenvalue weighted by Gasteiger charge is -2.46. The summed E-state index contributed by atoms with van der Waals surface area (Å²) in [6.45, 7) is 2.62. The SMILES string of the molecule is CC/C=C\C/C=C\C/C=C\C/C=C\C/C=C\C/C=C\C/C=C\C/C=C\C/C=C\C/C=C\C/C=C\CCCCCCCCCC(=O)NC(COC1OC(CO)C(OC2OC(CO)C(O)C(O)C2O)C(O)C1O)C(O)/C=C/CC/C=C/CC/C=C/CCCCCCCC. The summed E-state index contributed by atoms with van der Waals surface area (Å²) < 4.78 is 22.8. The molecule has 0 aromatic carbocycles. The molecule has 0 aromatic heterocycles. The second-order valence-electron chi connectivity index (χ2n) is 23.5. The van der Waals surface area contributed by atoms with E-state index in [0.717, 1.165) is 141 Å². The Labute approximate surface area is 549 Å². The van der Waals surface area contributed by atoms with Crippen molar-refractivity contribution in [1.29, 1.82) is 0 Å². The summed E-state index contributed by atoms with van der Waals surface area (Å²) in [5.41, 5.74) is 0. The van der Waals surface area contributed by atoms with E-state index in [-0.39, 0.29) is 18.9 Å². The van der Waals surface area contributed by atoms with Crippen LogP contribution in [0.5, 0.6) is 0 Å². The van der Waals surface area contributed by atoms with Crippen LogP contribution in [0.2, 0.25) is 0 Å². The topological polar surface area (TPSA) is 228 Å². The standard InChI is InChI=1S/C77H123NO13/c1-3-5-7-9-11-13-15-17-19-21-22-23-24-25-26-27-28-29-30-31-32-33-34-35-36-37-38-39-40-41-42-43-44-45-47-49-51-53-55-57-59-61-69(82)78-65(66(81)60-58-56-54-52-50-48-46-20-18-16-14-12-10-8-6-4-2)64-88-76-74(87)72(85)75(68(63-80)90-76)91-77-73(86)71(84)70(83)67(62-79)89-77/h5,7,11,13,17-20,22-23,25-26,28-29,31-32,34-35,37-38,40-41,43-44,50,52,58,60,65-68,70-77,79-81,83-87H,3-4,6,8-10,12,14-16,21,24,27,30,33,36,39,42,45-49,51,53-57,59,61-64H2,1-2H3,(H,78,82)/b7-5-,13-11-,19-17-,20-18+,23-22-,26-25-,29-28-,32-31-,35-34-,38-37-,41-40-,44-43-,52-50+,60-58+. The van der Waals surface area contributed by atoms with Gasteiger partial charge in [0.1, 0.15) is 48.8 Å². The summed E-state index contributed by atoms with van der Waals surface area (Å²) in [7, 11) is 0. The van der Waals surface area contributed by atoms with Gasteiger partial charge in [-0.25, -0.2) is 0 Å². The molecule has 2 fully saturated rings. The Morgan fingerprint density at radius 2 is 0.769 bits per heavy atom. The Hall–Kier alpha value is -4.65. The lowest BCUT2D eigenvalue weighted by Crippen LogP contribution is -2.65. The molecule has 0 aromatic rings. The fourth-order valence-electron chi connectivity index (χ4n) is 10.1. The molecular formula is C77H123NO13. The highest BCUT2D eigenvalue weighted by Crippen LogP contribution is 2.30. The van der Waals surface area contributed by atoms with E-state index >= 15 is 0 Å². The van der Waals surface area contributed by atoms with E-state index in [2.05, 4.69) is 177 Å². The van der Waals surface area contributed by atoms with Gasteiger partial charge in [-0.05, 0) is 128 Å². The molecular weight excluding hydrogens is 1150 g/mol. The third-order valence-corrected chi connectivity index (χ3v) is 15.6. The van der Waals surface area contributed by atoms with Gasteiger partial charge in [-0.2, -0.15) is 0 Å². The molecule has 2 rings (SSSR count). The normalized spacial score (nSPS) is 23.9. The van der Waals surface area contributed by atoms with Crippen molar-refractivity contribution in [3.63, 3.8) is 0 Å². The van der Waals surface area contributed by atoms with E-state index in [1.165, 1.54) is 38.5 Å². The van der Waals surface area contributed by atoms with Crippen molar-refractivity contribution in [2.45, 2.75) is 286 Å². The molecule has 9 N–H and O–H groups in total. The van der Waals surface area contributed by atoms with Gasteiger partial charge in [-0.1, -0.05) is 248 Å². The van der Waals surface area contributed by atoms with Crippen molar-refractivity contribution in [3.05, 3.63) is 170 Å². The first-order valence-electron chi connectivity index (χ1n) is 34.9. The Kier molecular flexibility index (Phi) is 53.6. The number of unbranched alkanes of at least 4 members (excludes halogenated alkanes) is 15. The van der Waals surface area contributed by atoms with Crippen molar-refractivity contribution >= 4 is 5.91 Å². The van der Waals surface area contributed by atoms with Crippen LogP contribution in [-0.2, 0) is 23.7 Å². The van der Waals surface area contributed by atoms with Crippen LogP contribution in [0.4, 0.5) is 0 Å². The van der Waals surface area contributed by atoms with Crippen LogP contribution in [-0.4, -0.2) is 140 Å². The van der Waals surface area contributed by atoms with Crippen LogP contribution in [0.1, 0.15) is 213 Å². The van der Waals surface area contributed by atoms with Gasteiger partial charge in [-0.3, -0.25) is 4.79 Å². The molecule has 14 nitrogen and oxygen atoms in total. The van der Waals surface area contributed by atoms with Crippen LogP contribution in [0, 0.1) is 0 Å². The smallest absolute Gasteiger partial charge is 0.220 e. The van der Waals surface area contributed by atoms with Crippen molar-refractivity contribution in [2.75, 3.05) is 19.8 Å². The Morgan fingerprint density at radius 3 is 1.21 bits per heavy atom. The predicted molar refractivity (Wildman–Crippen MR) is 373 cm³/mol. The molecule has 1 amide bonds. The van der Waals surface area contributed by atoms with Gasteiger partial charge < -0.3 is 65.1 Å². The van der Waals surface area contributed by atoms with Crippen molar-refractivity contribution in [1.82, 2.24) is 5.32 Å². The zero-order valence-corrected chi connectivity index (χ0v) is 55.8. The van der Waals surface area contributed by atoms with Crippen LogP contribution in [0.3, 0.4) is 0 Å². The molecule has 2 aliphatic heterocycles. The molecule has 2 heterocycles. The molecule has 2 aliphatic rings. The number of carbonyl (C=O) groups excluding carboxylic acids is 1. The minimum Gasteiger partial charge on any atom is -0.394 e. The average molecular weight is 1270 g/mol. The molecule has 91 heavy (non-hydrogen) atoms. The van der Waals surface area contributed by atoms with Gasteiger partial charge in [0.25, 0.3) is 0 Å². The van der Waals surface area contributed by atoms with E-state index in [1.54, 1.807) is 6.08 Å². The first-order valence-corrected chi connectivity index (χ1v) is 34.9. The quantitative estimate of drug-likeness (QED) is 0.0204. The van der Waals surface area contributed by atoms with Crippen LogP contribution >= 0.6 is 0 Å². The van der Waals surface area contributed by atoms with Crippen molar-refractivity contribution in [2.24, 2.45) is 0 Å². The molecule has 0 spiro atoms. The number of aliphatic hydroxyl groups is 8. The number of amides is 1. The zero-order valence-electron chi connectivity index (χ0n) is 55.8. The first kappa shape index (κ1) is 82.4. The van der Waals surface area contributed by atoms with Crippen molar-refractivity contribution < 1.29 is 64.6 Å². The number of hydrogen-bond donors (Lipinski definition) is 9. The second kappa shape index (κ2) is 59.1. The monoisotopic (exact) mass is 1270 g/mol. The summed E-state index contributed by atoms with van der Waals surface area (Å²) in [5, 5.41) is 87.2. The molecule has 12 atom stereocenters.